The quantitative estimate of drug-likeness (QED) is 0.164. The van der Waals surface area contributed by atoms with Crippen LogP contribution in [0.5, 0.6) is 5.75 Å². The second kappa shape index (κ2) is 17.0. The molecule has 1 aromatic heterocycles. The number of nitriles is 1. The number of Topliss-reactive ketones (excluding diaryl/α,β-unsaturated/α-hetero) is 2. The number of aromatic nitrogens is 1. The molecule has 3 aliphatic heterocycles. The van der Waals surface area contributed by atoms with Crippen LogP contribution in [0.25, 0.3) is 10.9 Å². The Hall–Kier alpha value is -6.20. The van der Waals surface area contributed by atoms with Crippen molar-refractivity contribution in [1.29, 1.82) is 5.26 Å². The van der Waals surface area contributed by atoms with Gasteiger partial charge in [0.05, 0.1) is 46.5 Å². The van der Waals surface area contributed by atoms with Gasteiger partial charge in [-0.25, -0.2) is 4.39 Å². The van der Waals surface area contributed by atoms with Crippen LogP contribution in [0.4, 0.5) is 15.8 Å². The van der Waals surface area contributed by atoms with Crippen molar-refractivity contribution in [2.45, 2.75) is 76.0 Å². The number of ether oxygens (including phenoxy) is 1. The van der Waals surface area contributed by atoms with E-state index in [9.17, 15) is 29.2 Å². The van der Waals surface area contributed by atoms with Crippen LogP contribution in [-0.4, -0.2) is 108 Å². The molecule has 5 aliphatic rings. The maximum atomic E-state index is 15.5. The second-order valence-corrected chi connectivity index (χ2v) is 17.0. The summed E-state index contributed by atoms with van der Waals surface area (Å²) in [5, 5.41) is 13.4. The molecule has 0 spiro atoms. The first-order chi connectivity index (χ1) is 29.6. The van der Waals surface area contributed by atoms with Crippen LogP contribution in [-0.2, 0) is 9.59 Å². The van der Waals surface area contributed by atoms with Crippen molar-refractivity contribution in [2.24, 2.45) is 5.92 Å². The number of rotatable bonds is 9. The molecule has 2 aliphatic carbocycles. The number of piperazine rings is 1. The topological polar surface area (TPSA) is 156 Å². The largest absolute Gasteiger partial charge is 0.490 e. The van der Waals surface area contributed by atoms with E-state index in [4.69, 9.17) is 4.74 Å². The first kappa shape index (κ1) is 40.2. The van der Waals surface area contributed by atoms with E-state index in [1.165, 1.54) is 6.07 Å². The maximum Gasteiger partial charge on any atom is 0.262 e. The van der Waals surface area contributed by atoms with Crippen LogP contribution in [0.1, 0.15) is 94.4 Å². The molecule has 314 valence electrons. The van der Waals surface area contributed by atoms with Gasteiger partial charge in [-0.2, -0.15) is 5.26 Å². The summed E-state index contributed by atoms with van der Waals surface area (Å²) in [5.74, 6) is -0.962. The van der Waals surface area contributed by atoms with E-state index in [1.54, 1.807) is 36.5 Å². The van der Waals surface area contributed by atoms with Crippen LogP contribution in [0.3, 0.4) is 0 Å². The lowest BCUT2D eigenvalue weighted by Gasteiger charge is -2.40. The lowest BCUT2D eigenvalue weighted by molar-refractivity contribution is -0.132. The van der Waals surface area contributed by atoms with Crippen molar-refractivity contribution >= 4 is 51.6 Å². The van der Waals surface area contributed by atoms with E-state index in [0.29, 0.717) is 45.1 Å². The van der Waals surface area contributed by atoms with Gasteiger partial charge in [-0.3, -0.25) is 38.8 Å². The Balaban J connectivity index is 0.714. The molecule has 1 N–H and O–H groups in total. The molecule has 0 radical (unpaired) electrons. The minimum Gasteiger partial charge on any atom is -0.490 e. The summed E-state index contributed by atoms with van der Waals surface area (Å²) >= 11 is 0. The van der Waals surface area contributed by atoms with Crippen molar-refractivity contribution in [3.63, 3.8) is 0 Å². The average Bonchev–Trinajstić information content (AvgIpc) is 3.52. The minimum atomic E-state index is -0.880. The SMILES string of the molecule is N#Cc1ccc(OC2CCC(NC(=O)c3ccc(N4CCC(CN5CCN(c6ccc7c(c6)C(=O)N(C6CCC(=O)CC6=O)C7=O)CC5)CC4)c(F)c3)CC2)c2cccnc12. The normalized spacial score (nSPS) is 22.7. The van der Waals surface area contributed by atoms with Gasteiger partial charge in [-0.1, -0.05) is 0 Å². The summed E-state index contributed by atoms with van der Waals surface area (Å²) in [6.07, 6.45) is 6.64. The molecule has 2 saturated carbocycles. The average molecular weight is 826 g/mol. The Kier molecular flexibility index (Phi) is 11.2. The van der Waals surface area contributed by atoms with Gasteiger partial charge in [0.1, 0.15) is 23.4 Å². The van der Waals surface area contributed by atoms with E-state index >= 15 is 4.39 Å². The summed E-state index contributed by atoms with van der Waals surface area (Å²) in [6, 6.07) is 18.7. The number of carbonyl (C=O) groups excluding carboxylic acids is 5. The minimum absolute atomic E-state index is 0.0220. The molecular weight excluding hydrogens is 778 g/mol. The number of carbonyl (C=O) groups is 5. The Morgan fingerprint density at radius 2 is 1.61 bits per heavy atom. The molecule has 61 heavy (non-hydrogen) atoms. The number of nitrogens with zero attached hydrogens (tertiary/aromatic N) is 6. The number of hydrogen-bond acceptors (Lipinski definition) is 11. The predicted octanol–water partition coefficient (Wildman–Crippen LogP) is 5.69. The molecule has 13 nitrogen and oxygen atoms in total. The first-order valence-corrected chi connectivity index (χ1v) is 21.5. The molecule has 0 bridgehead atoms. The van der Waals surface area contributed by atoms with Crippen LogP contribution < -0.4 is 19.9 Å². The summed E-state index contributed by atoms with van der Waals surface area (Å²) in [5.41, 5.74) is 3.43. The van der Waals surface area contributed by atoms with Gasteiger partial charge in [0.25, 0.3) is 17.7 Å². The Morgan fingerprint density at radius 1 is 0.836 bits per heavy atom. The van der Waals surface area contributed by atoms with E-state index in [-0.39, 0.29) is 48.9 Å². The molecule has 4 fully saturated rings. The number of piperidine rings is 1. The Bertz CT molecular complexity index is 2450. The standard InChI is InChI=1S/C47H48FN7O6/c48-39-24-30(45(58)51-32-5-9-35(10-6-32)61-43-14-4-31(27-49)44-37(43)2-1-17-50-44)3-12-40(39)54-18-15-29(16-19-54)28-52-20-22-53(23-21-52)33-7-11-36-38(25-33)47(60)55(46(36)59)41-13-8-34(56)26-42(41)57/h1-4,7,11-12,14,17,24-25,29,32,35,41H,5-6,8-10,13,15-16,18-23,26,28H2,(H,51,58). The van der Waals surface area contributed by atoms with Crippen LogP contribution in [0.2, 0.25) is 0 Å². The molecule has 1 unspecified atom stereocenters. The van der Waals surface area contributed by atoms with Gasteiger partial charge in [-0.05, 0) is 112 Å². The third-order valence-corrected chi connectivity index (χ3v) is 13.2. The van der Waals surface area contributed by atoms with Crippen LogP contribution in [0.15, 0.2) is 66.9 Å². The molecule has 4 heterocycles. The number of imide groups is 1. The number of pyridine rings is 1. The van der Waals surface area contributed by atoms with Gasteiger partial charge < -0.3 is 19.9 Å². The summed E-state index contributed by atoms with van der Waals surface area (Å²) < 4.78 is 21.9. The predicted molar refractivity (Wildman–Crippen MR) is 225 cm³/mol. The van der Waals surface area contributed by atoms with Gasteiger partial charge >= 0.3 is 0 Å². The number of amides is 3. The summed E-state index contributed by atoms with van der Waals surface area (Å²) in [6.45, 7) is 5.64. The third kappa shape index (κ3) is 8.19. The molecule has 3 aromatic carbocycles. The van der Waals surface area contributed by atoms with Gasteiger partial charge in [0.2, 0.25) is 0 Å². The van der Waals surface area contributed by atoms with Crippen LogP contribution >= 0.6 is 0 Å². The van der Waals surface area contributed by atoms with Crippen molar-refractivity contribution in [3.05, 3.63) is 94.9 Å². The first-order valence-electron chi connectivity index (χ1n) is 21.5. The summed E-state index contributed by atoms with van der Waals surface area (Å²) in [7, 11) is 0. The Morgan fingerprint density at radius 3 is 2.34 bits per heavy atom. The monoisotopic (exact) mass is 825 g/mol. The molecule has 3 amide bonds. The fourth-order valence-electron chi connectivity index (χ4n) is 9.79. The highest BCUT2D eigenvalue weighted by Crippen LogP contribution is 2.34. The zero-order valence-corrected chi connectivity index (χ0v) is 34.0. The van der Waals surface area contributed by atoms with Gasteiger partial charge in [0.15, 0.2) is 5.78 Å². The molecule has 14 heteroatoms. The second-order valence-electron chi connectivity index (χ2n) is 17.0. The zero-order valence-electron chi connectivity index (χ0n) is 34.0. The maximum absolute atomic E-state index is 15.5. The van der Waals surface area contributed by atoms with Crippen molar-refractivity contribution in [3.8, 4) is 11.8 Å². The molecule has 2 saturated heterocycles. The lowest BCUT2D eigenvalue weighted by atomic mass is 9.92. The number of ketones is 2. The third-order valence-electron chi connectivity index (χ3n) is 13.2. The van der Waals surface area contributed by atoms with Gasteiger partial charge in [0, 0.05) is 81.1 Å². The van der Waals surface area contributed by atoms with E-state index < -0.39 is 23.7 Å². The highest BCUT2D eigenvalue weighted by atomic mass is 19.1. The number of fused-ring (bicyclic) bond motifs is 2. The van der Waals surface area contributed by atoms with E-state index in [2.05, 4.69) is 31.1 Å². The zero-order chi connectivity index (χ0) is 42.2. The van der Waals surface area contributed by atoms with Crippen molar-refractivity contribution < 1.29 is 33.1 Å². The number of nitrogens with one attached hydrogen (secondary N) is 1. The smallest absolute Gasteiger partial charge is 0.262 e. The number of benzene rings is 3. The lowest BCUT2D eigenvalue weighted by Crippen LogP contribution is -2.49. The molecule has 4 aromatic rings. The summed E-state index contributed by atoms with van der Waals surface area (Å²) in [4.78, 5) is 76.2. The molecule has 9 rings (SSSR count). The number of hydrogen-bond donors (Lipinski definition) is 1. The molecular formula is C47H48FN7O6. The van der Waals surface area contributed by atoms with Crippen molar-refractivity contribution in [2.75, 3.05) is 55.6 Å². The van der Waals surface area contributed by atoms with Crippen molar-refractivity contribution in [1.82, 2.24) is 20.1 Å². The fraction of sp³-hybridized carbons (Fsp3) is 0.426. The molecule has 1 atom stereocenters. The number of anilines is 2. The fourth-order valence-corrected chi connectivity index (χ4v) is 9.79. The van der Waals surface area contributed by atoms with Crippen LogP contribution in [0, 0.1) is 23.1 Å². The highest BCUT2D eigenvalue weighted by Gasteiger charge is 2.44. The van der Waals surface area contributed by atoms with Gasteiger partial charge in [-0.15, -0.1) is 0 Å². The van der Waals surface area contributed by atoms with E-state index in [1.807, 2.05) is 24.3 Å². The van der Waals surface area contributed by atoms with E-state index in [0.717, 1.165) is 100 Å². The number of halogens is 1. The highest BCUT2D eigenvalue weighted by molar-refractivity contribution is 6.24. The Labute approximate surface area is 353 Å².